The Bertz CT molecular complexity index is 716. The summed E-state index contributed by atoms with van der Waals surface area (Å²) in [5.41, 5.74) is 1.66. The molecule has 2 rings (SSSR count). The highest BCUT2D eigenvalue weighted by molar-refractivity contribution is 5.98. The number of para-hydroxylation sites is 2. The summed E-state index contributed by atoms with van der Waals surface area (Å²) < 4.78 is 5.32. The minimum Gasteiger partial charge on any atom is -0.495 e. The van der Waals surface area contributed by atoms with Gasteiger partial charge in [0.2, 0.25) is 11.8 Å². The summed E-state index contributed by atoms with van der Waals surface area (Å²) in [5, 5.41) is 0. The molecule has 0 atom stereocenters. The van der Waals surface area contributed by atoms with Crippen LogP contribution in [-0.4, -0.2) is 36.9 Å². The Morgan fingerprint density at radius 3 is 2.24 bits per heavy atom. The molecule has 0 saturated heterocycles. The number of hydrogen-bond donors (Lipinski definition) is 0. The molecule has 0 aliphatic carbocycles. The molecule has 25 heavy (non-hydrogen) atoms. The summed E-state index contributed by atoms with van der Waals surface area (Å²) in [6, 6.07) is 17.0. The lowest BCUT2D eigenvalue weighted by Crippen LogP contribution is -2.42. The second-order valence-electron chi connectivity index (χ2n) is 5.67. The molecule has 0 fully saturated rings. The molecular formula is C20H24N2O3. The number of likely N-dealkylation sites (N-methyl/N-ethyl adjacent to an activating group) is 1. The lowest BCUT2D eigenvalue weighted by atomic mass is 10.2. The third-order valence-electron chi connectivity index (χ3n) is 4.00. The quantitative estimate of drug-likeness (QED) is 0.778. The van der Waals surface area contributed by atoms with Crippen molar-refractivity contribution in [3.8, 4) is 5.75 Å². The Morgan fingerprint density at radius 1 is 1.00 bits per heavy atom. The molecule has 0 radical (unpaired) electrons. The Morgan fingerprint density at radius 2 is 1.64 bits per heavy atom. The predicted octanol–water partition coefficient (Wildman–Crippen LogP) is 3.10. The molecule has 132 valence electrons. The van der Waals surface area contributed by atoms with Crippen LogP contribution < -0.4 is 9.64 Å². The van der Waals surface area contributed by atoms with E-state index in [0.29, 0.717) is 24.5 Å². The topological polar surface area (TPSA) is 49.9 Å². The van der Waals surface area contributed by atoms with E-state index in [0.717, 1.165) is 5.56 Å². The van der Waals surface area contributed by atoms with Crippen LogP contribution in [0.25, 0.3) is 0 Å². The van der Waals surface area contributed by atoms with Gasteiger partial charge in [-0.25, -0.2) is 0 Å². The van der Waals surface area contributed by atoms with E-state index in [4.69, 9.17) is 4.74 Å². The van der Waals surface area contributed by atoms with Crippen LogP contribution in [0.4, 0.5) is 5.69 Å². The molecule has 0 unspecified atom stereocenters. The smallest absolute Gasteiger partial charge is 0.242 e. The van der Waals surface area contributed by atoms with E-state index >= 15 is 0 Å². The summed E-state index contributed by atoms with van der Waals surface area (Å²) >= 11 is 0. The lowest BCUT2D eigenvalue weighted by molar-refractivity contribution is -0.131. The Hall–Kier alpha value is -2.82. The van der Waals surface area contributed by atoms with Gasteiger partial charge in [0, 0.05) is 20.0 Å². The van der Waals surface area contributed by atoms with Crippen LogP contribution in [0.5, 0.6) is 5.75 Å². The van der Waals surface area contributed by atoms with Gasteiger partial charge < -0.3 is 9.64 Å². The van der Waals surface area contributed by atoms with E-state index < -0.39 is 0 Å². The molecule has 0 bridgehead atoms. The largest absolute Gasteiger partial charge is 0.495 e. The molecule has 2 aromatic rings. The summed E-state index contributed by atoms with van der Waals surface area (Å²) in [5.74, 6) is 0.262. The molecule has 0 heterocycles. The van der Waals surface area contributed by atoms with Crippen LogP contribution in [0, 0.1) is 0 Å². The fourth-order valence-electron chi connectivity index (χ4n) is 2.63. The minimum atomic E-state index is -0.200. The van der Waals surface area contributed by atoms with Gasteiger partial charge in [-0.3, -0.25) is 14.5 Å². The van der Waals surface area contributed by atoms with E-state index in [-0.39, 0.29) is 18.4 Å². The number of rotatable bonds is 7. The molecule has 0 N–H and O–H groups in total. The lowest BCUT2D eigenvalue weighted by Gasteiger charge is -2.27. The first kappa shape index (κ1) is 18.5. The third-order valence-corrected chi connectivity index (χ3v) is 4.00. The number of anilines is 1. The fraction of sp³-hybridized carbons (Fsp3) is 0.300. The van der Waals surface area contributed by atoms with Crippen molar-refractivity contribution in [1.82, 2.24) is 4.90 Å². The molecule has 2 aromatic carbocycles. The number of carbonyl (C=O) groups excluding carboxylic acids is 2. The van der Waals surface area contributed by atoms with Crippen molar-refractivity contribution in [3.05, 3.63) is 60.2 Å². The van der Waals surface area contributed by atoms with Crippen molar-refractivity contribution in [2.24, 2.45) is 0 Å². The van der Waals surface area contributed by atoms with Gasteiger partial charge in [0.15, 0.2) is 0 Å². The second-order valence-corrected chi connectivity index (χ2v) is 5.67. The van der Waals surface area contributed by atoms with Crippen molar-refractivity contribution in [3.63, 3.8) is 0 Å². The zero-order chi connectivity index (χ0) is 18.2. The summed E-state index contributed by atoms with van der Waals surface area (Å²) in [6.07, 6.45) is 0. The van der Waals surface area contributed by atoms with Crippen molar-refractivity contribution in [1.29, 1.82) is 0 Å². The monoisotopic (exact) mass is 340 g/mol. The van der Waals surface area contributed by atoms with Crippen LogP contribution in [0.2, 0.25) is 0 Å². The average molecular weight is 340 g/mol. The van der Waals surface area contributed by atoms with Gasteiger partial charge in [-0.1, -0.05) is 42.5 Å². The van der Waals surface area contributed by atoms with Gasteiger partial charge in [-0.05, 0) is 24.6 Å². The van der Waals surface area contributed by atoms with Crippen molar-refractivity contribution < 1.29 is 14.3 Å². The SMILES string of the molecule is CCN(Cc1ccccc1)C(=O)CN(C(C)=O)c1ccccc1OC. The Labute approximate surface area is 148 Å². The van der Waals surface area contributed by atoms with E-state index in [1.165, 1.54) is 11.8 Å². The highest BCUT2D eigenvalue weighted by Gasteiger charge is 2.22. The van der Waals surface area contributed by atoms with E-state index in [1.54, 1.807) is 24.1 Å². The molecule has 5 heteroatoms. The maximum Gasteiger partial charge on any atom is 0.242 e. The standard InChI is InChI=1S/C20H24N2O3/c1-4-21(14-17-10-6-5-7-11-17)20(24)15-22(16(2)23)18-12-8-9-13-19(18)25-3/h5-13H,4,14-15H2,1-3H3. The summed E-state index contributed by atoms with van der Waals surface area (Å²) in [6.45, 7) is 4.46. The number of amides is 2. The minimum absolute atomic E-state index is 0.0175. The van der Waals surface area contributed by atoms with Gasteiger partial charge in [0.25, 0.3) is 0 Å². The van der Waals surface area contributed by atoms with Crippen LogP contribution in [0.15, 0.2) is 54.6 Å². The maximum atomic E-state index is 12.8. The van der Waals surface area contributed by atoms with Gasteiger partial charge in [-0.15, -0.1) is 0 Å². The first-order valence-corrected chi connectivity index (χ1v) is 8.29. The highest BCUT2D eigenvalue weighted by Crippen LogP contribution is 2.27. The molecule has 0 aliphatic rings. The number of methoxy groups -OCH3 is 1. The molecule has 0 aliphatic heterocycles. The van der Waals surface area contributed by atoms with Crippen LogP contribution >= 0.6 is 0 Å². The van der Waals surface area contributed by atoms with Gasteiger partial charge in [-0.2, -0.15) is 0 Å². The third kappa shape index (κ3) is 4.83. The predicted molar refractivity (Wildman–Crippen MR) is 98.6 cm³/mol. The zero-order valence-electron chi connectivity index (χ0n) is 14.9. The van der Waals surface area contributed by atoms with Gasteiger partial charge in [0.05, 0.1) is 12.8 Å². The summed E-state index contributed by atoms with van der Waals surface area (Å²) in [7, 11) is 1.55. The number of hydrogen-bond acceptors (Lipinski definition) is 3. The second kappa shape index (κ2) is 8.87. The van der Waals surface area contributed by atoms with Gasteiger partial charge >= 0.3 is 0 Å². The van der Waals surface area contributed by atoms with Crippen molar-refractivity contribution in [2.75, 3.05) is 25.1 Å². The van der Waals surface area contributed by atoms with Gasteiger partial charge in [0.1, 0.15) is 12.3 Å². The molecule has 5 nitrogen and oxygen atoms in total. The van der Waals surface area contributed by atoms with E-state index in [2.05, 4.69) is 0 Å². The molecular weight excluding hydrogens is 316 g/mol. The van der Waals surface area contributed by atoms with Crippen molar-refractivity contribution in [2.45, 2.75) is 20.4 Å². The summed E-state index contributed by atoms with van der Waals surface area (Å²) in [4.78, 5) is 28.1. The highest BCUT2D eigenvalue weighted by atomic mass is 16.5. The molecule has 0 aromatic heterocycles. The Balaban J connectivity index is 2.17. The zero-order valence-corrected chi connectivity index (χ0v) is 14.9. The van der Waals surface area contributed by atoms with E-state index in [1.807, 2.05) is 49.4 Å². The average Bonchev–Trinajstić information content (AvgIpc) is 2.64. The molecule has 0 saturated carbocycles. The first-order valence-electron chi connectivity index (χ1n) is 8.29. The fourth-order valence-corrected chi connectivity index (χ4v) is 2.63. The van der Waals surface area contributed by atoms with Crippen LogP contribution in [0.1, 0.15) is 19.4 Å². The molecule has 0 spiro atoms. The number of ether oxygens (including phenoxy) is 1. The van der Waals surface area contributed by atoms with Crippen molar-refractivity contribution >= 4 is 17.5 Å². The van der Waals surface area contributed by atoms with Crippen LogP contribution in [-0.2, 0) is 16.1 Å². The normalized spacial score (nSPS) is 10.2. The maximum absolute atomic E-state index is 12.8. The molecule has 2 amide bonds. The van der Waals surface area contributed by atoms with Crippen LogP contribution in [0.3, 0.4) is 0 Å². The number of nitrogens with zero attached hydrogens (tertiary/aromatic N) is 2. The van der Waals surface area contributed by atoms with E-state index in [9.17, 15) is 9.59 Å². The number of carbonyl (C=O) groups is 2. The first-order chi connectivity index (χ1) is 12.1. The Kier molecular flexibility index (Phi) is 6.57. The number of benzene rings is 2.